The van der Waals surface area contributed by atoms with Crippen molar-refractivity contribution in [2.75, 3.05) is 11.1 Å². The molecule has 6 rings (SSSR count). The number of nitrogens with one attached hydrogen (secondary N) is 2. The van der Waals surface area contributed by atoms with Crippen molar-refractivity contribution in [3.05, 3.63) is 130 Å². The van der Waals surface area contributed by atoms with Crippen LogP contribution >= 0.6 is 23.1 Å². The number of anilines is 1. The van der Waals surface area contributed by atoms with Gasteiger partial charge in [-0.05, 0) is 22.8 Å². The molecular weight excluding hydrogens is 662 g/mol. The third-order valence-electron chi connectivity index (χ3n) is 7.32. The molecule has 3 amide bonds. The van der Waals surface area contributed by atoms with Crippen LogP contribution in [0.5, 0.6) is 0 Å². The first kappa shape index (κ1) is 32.4. The third-order valence-corrected chi connectivity index (χ3v) is 9.26. The number of aromatic nitrogens is 1. The van der Waals surface area contributed by atoms with Crippen molar-refractivity contribution in [1.82, 2.24) is 15.2 Å². The van der Waals surface area contributed by atoms with Crippen LogP contribution < -0.4 is 10.6 Å². The van der Waals surface area contributed by atoms with Crippen LogP contribution in [0.2, 0.25) is 0 Å². The highest BCUT2D eigenvalue weighted by atomic mass is 32.2. The number of ether oxygens (including phenoxy) is 2. The Kier molecular flexibility index (Phi) is 9.78. The fraction of sp³-hybridized carbons (Fsp3) is 0.152. The number of β-lactam (4-membered cyclic amide) rings is 1. The normalized spacial score (nSPS) is 17.1. The van der Waals surface area contributed by atoms with Gasteiger partial charge in [0.2, 0.25) is 5.13 Å². The van der Waals surface area contributed by atoms with Gasteiger partial charge in [0.15, 0.2) is 16.9 Å². The van der Waals surface area contributed by atoms with Crippen molar-refractivity contribution in [2.45, 2.75) is 24.1 Å². The van der Waals surface area contributed by atoms with Crippen LogP contribution in [0.25, 0.3) is 0 Å². The van der Waals surface area contributed by atoms with Gasteiger partial charge in [0.25, 0.3) is 11.8 Å². The van der Waals surface area contributed by atoms with Crippen LogP contribution in [-0.2, 0) is 30.5 Å². The Morgan fingerprint density at radius 2 is 1.62 bits per heavy atom. The summed E-state index contributed by atoms with van der Waals surface area (Å²) in [7, 11) is 0. The van der Waals surface area contributed by atoms with Gasteiger partial charge in [0.1, 0.15) is 29.4 Å². The van der Waals surface area contributed by atoms with E-state index in [1.165, 1.54) is 16.7 Å². The van der Waals surface area contributed by atoms with Gasteiger partial charge in [0.05, 0.1) is 0 Å². The number of nitrogens with zero attached hydrogens (tertiary/aromatic N) is 3. The Morgan fingerprint density at radius 1 is 1.00 bits per heavy atom. The predicted octanol–water partition coefficient (Wildman–Crippen LogP) is 4.83. The second kappa shape index (κ2) is 14.5. The molecule has 3 aromatic carbocycles. The molecule has 0 radical (unpaired) electrons. The Hall–Kier alpha value is -5.54. The summed E-state index contributed by atoms with van der Waals surface area (Å²) in [6, 6.07) is 26.1. The minimum Gasteiger partial charge on any atom is -0.448 e. The Labute approximate surface area is 281 Å². The number of thiazole rings is 1. The van der Waals surface area contributed by atoms with E-state index < -0.39 is 57.9 Å². The summed E-state index contributed by atoms with van der Waals surface area (Å²) < 4.78 is 25.9. The van der Waals surface area contributed by atoms with Crippen molar-refractivity contribution in [3.63, 3.8) is 0 Å². The average molecular weight is 688 g/mol. The molecule has 0 bridgehead atoms. The van der Waals surface area contributed by atoms with Crippen molar-refractivity contribution in [3.8, 4) is 0 Å². The van der Waals surface area contributed by atoms with E-state index in [4.69, 9.17) is 9.47 Å². The molecule has 0 spiro atoms. The van der Waals surface area contributed by atoms with Gasteiger partial charge in [-0.15, -0.1) is 11.8 Å². The van der Waals surface area contributed by atoms with E-state index in [1.807, 2.05) is 66.7 Å². The Morgan fingerprint density at radius 3 is 2.25 bits per heavy atom. The molecule has 0 saturated carbocycles. The lowest BCUT2D eigenvalue weighted by Crippen LogP contribution is -2.70. The standard InChI is InChI=1S/C33H26FN5O7S2/c34-27-23(36-32(48-27)37-33(43)45-18-19-10-4-1-5-11-19)24(38-44)28(40)35-25-29(41)39-22(16-17-47-30(25)39)31(42)46-26(20-12-6-2-7-13-20)21-14-8-3-9-15-21/h1-16,25-26,30,44H,17-18H2,(H,35,40)(H,36,37,43)/b38-24-/t25-,30-/m1/s1. The number of hydrogen-bond donors (Lipinski definition) is 3. The number of halogens is 1. The SMILES string of the molecule is O=C(Nc1nc(/C(=N/O)C(=O)N[C@@H]2C(=O)N3C(C(=O)OC(c4ccccc4)c4ccccc4)=CCS[C@H]23)c(F)s1)OCc1ccccc1. The first-order valence-corrected chi connectivity index (χ1v) is 16.3. The number of amides is 3. The zero-order valence-corrected chi connectivity index (χ0v) is 26.4. The van der Waals surface area contributed by atoms with Crippen LogP contribution in [-0.4, -0.2) is 61.8 Å². The molecule has 1 aromatic heterocycles. The molecule has 2 aliphatic rings. The fourth-order valence-corrected chi connectivity index (χ4v) is 6.91. The van der Waals surface area contributed by atoms with Gasteiger partial charge in [-0.3, -0.25) is 19.8 Å². The Bertz CT molecular complexity index is 1850. The number of carbonyl (C=O) groups excluding carboxylic acids is 4. The number of esters is 1. The summed E-state index contributed by atoms with van der Waals surface area (Å²) in [5, 5.41) is 15.3. The molecule has 4 aromatic rings. The number of oxime groups is 1. The van der Waals surface area contributed by atoms with Gasteiger partial charge in [-0.25, -0.2) is 14.6 Å². The monoisotopic (exact) mass is 687 g/mol. The lowest BCUT2D eigenvalue weighted by Gasteiger charge is -2.48. The lowest BCUT2D eigenvalue weighted by molar-refractivity contribution is -0.154. The van der Waals surface area contributed by atoms with E-state index in [0.717, 1.165) is 16.7 Å². The first-order chi connectivity index (χ1) is 23.3. The number of hydrogen-bond acceptors (Lipinski definition) is 11. The van der Waals surface area contributed by atoms with E-state index in [0.29, 0.717) is 17.1 Å². The van der Waals surface area contributed by atoms with Gasteiger partial charge in [-0.1, -0.05) is 107 Å². The topological polar surface area (TPSA) is 160 Å². The lowest BCUT2D eigenvalue weighted by atomic mass is 10.0. The number of rotatable bonds is 10. The fourth-order valence-electron chi connectivity index (χ4n) is 5.04. The maximum atomic E-state index is 14.8. The molecule has 3 N–H and O–H groups in total. The molecule has 3 heterocycles. The molecule has 15 heteroatoms. The summed E-state index contributed by atoms with van der Waals surface area (Å²) in [5.41, 5.74) is 0.787. The van der Waals surface area contributed by atoms with Crippen molar-refractivity contribution >= 4 is 57.8 Å². The minimum atomic E-state index is -1.12. The first-order valence-electron chi connectivity index (χ1n) is 14.5. The molecule has 1 fully saturated rings. The van der Waals surface area contributed by atoms with Gasteiger partial charge < -0.3 is 20.0 Å². The molecule has 2 atom stereocenters. The zero-order chi connectivity index (χ0) is 33.6. The number of fused-ring (bicyclic) bond motifs is 1. The van der Waals surface area contributed by atoms with Gasteiger partial charge in [-0.2, -0.15) is 4.39 Å². The van der Waals surface area contributed by atoms with Crippen LogP contribution in [0.15, 0.2) is 108 Å². The summed E-state index contributed by atoms with van der Waals surface area (Å²) in [5.74, 6) is -2.09. The van der Waals surface area contributed by atoms with Crippen molar-refractivity contribution in [2.24, 2.45) is 5.16 Å². The van der Waals surface area contributed by atoms with E-state index in [1.54, 1.807) is 30.3 Å². The summed E-state index contributed by atoms with van der Waals surface area (Å²) >= 11 is 1.67. The quantitative estimate of drug-likeness (QED) is 0.0698. The molecule has 2 aliphatic heterocycles. The number of carbonyl (C=O) groups is 4. The zero-order valence-electron chi connectivity index (χ0n) is 24.8. The van der Waals surface area contributed by atoms with Gasteiger partial charge in [0, 0.05) is 5.75 Å². The molecule has 12 nitrogen and oxygen atoms in total. The van der Waals surface area contributed by atoms with Crippen molar-refractivity contribution < 1.29 is 38.2 Å². The maximum Gasteiger partial charge on any atom is 0.413 e. The Balaban J connectivity index is 1.09. The van der Waals surface area contributed by atoms with E-state index in [2.05, 4.69) is 20.8 Å². The van der Waals surface area contributed by atoms with Gasteiger partial charge >= 0.3 is 12.1 Å². The smallest absolute Gasteiger partial charge is 0.413 e. The summed E-state index contributed by atoms with van der Waals surface area (Å²) in [6.07, 6.45) is -0.0686. The highest BCUT2D eigenvalue weighted by molar-refractivity contribution is 8.00. The number of thioether (sulfide) groups is 1. The molecule has 0 unspecified atom stereocenters. The average Bonchev–Trinajstić information content (AvgIpc) is 3.48. The highest BCUT2D eigenvalue weighted by Gasteiger charge is 2.53. The van der Waals surface area contributed by atoms with Crippen LogP contribution in [0.1, 0.15) is 28.5 Å². The molecule has 0 aliphatic carbocycles. The molecule has 48 heavy (non-hydrogen) atoms. The maximum absolute atomic E-state index is 14.8. The number of benzene rings is 3. The third kappa shape index (κ3) is 6.91. The second-order valence-corrected chi connectivity index (χ2v) is 12.5. The van der Waals surface area contributed by atoms with Crippen molar-refractivity contribution in [1.29, 1.82) is 0 Å². The predicted molar refractivity (Wildman–Crippen MR) is 175 cm³/mol. The molecule has 1 saturated heterocycles. The van der Waals surface area contributed by atoms with E-state index in [9.17, 15) is 28.8 Å². The molecule has 244 valence electrons. The summed E-state index contributed by atoms with van der Waals surface area (Å²) in [6.45, 7) is -0.0417. The van der Waals surface area contributed by atoms with Crippen LogP contribution in [0, 0.1) is 5.13 Å². The summed E-state index contributed by atoms with van der Waals surface area (Å²) in [4.78, 5) is 57.1. The van der Waals surface area contributed by atoms with E-state index in [-0.39, 0.29) is 17.4 Å². The minimum absolute atomic E-state index is 0.0302. The van der Waals surface area contributed by atoms with Crippen LogP contribution in [0.4, 0.5) is 14.3 Å². The van der Waals surface area contributed by atoms with E-state index >= 15 is 0 Å². The highest BCUT2D eigenvalue weighted by Crippen LogP contribution is 2.39. The second-order valence-electron chi connectivity index (χ2n) is 10.4. The largest absolute Gasteiger partial charge is 0.448 e. The van der Waals surface area contributed by atoms with Crippen LogP contribution in [0.3, 0.4) is 0 Å². The molecular formula is C33H26FN5O7S2.